The van der Waals surface area contributed by atoms with E-state index in [0.717, 1.165) is 23.2 Å². The van der Waals surface area contributed by atoms with E-state index in [1.807, 2.05) is 43.3 Å². The molecule has 0 bridgehead atoms. The van der Waals surface area contributed by atoms with E-state index in [-0.39, 0.29) is 11.7 Å². The molecule has 1 aromatic heterocycles. The van der Waals surface area contributed by atoms with Crippen molar-refractivity contribution in [2.75, 3.05) is 11.1 Å². The number of nitrogens with one attached hydrogen (secondary N) is 1. The molecule has 1 atom stereocenters. The number of carbonyl (C=O) groups is 1. The molecule has 0 aliphatic carbocycles. The number of thioether (sulfide) groups is 1. The third kappa shape index (κ3) is 4.98. The van der Waals surface area contributed by atoms with Crippen molar-refractivity contribution in [3.63, 3.8) is 0 Å². The second-order valence-electron chi connectivity index (χ2n) is 6.46. The van der Waals surface area contributed by atoms with Crippen molar-refractivity contribution in [3.8, 4) is 11.5 Å². The molecule has 0 aliphatic rings. The average molecular weight is 382 g/mol. The van der Waals surface area contributed by atoms with Gasteiger partial charge < -0.3 is 9.73 Å². The Morgan fingerprint density at radius 1 is 1.15 bits per heavy atom. The minimum absolute atomic E-state index is 0.105. The number of benzene rings is 2. The van der Waals surface area contributed by atoms with Crippen molar-refractivity contribution >= 4 is 23.4 Å². The van der Waals surface area contributed by atoms with E-state index in [9.17, 15) is 4.79 Å². The van der Waals surface area contributed by atoms with Gasteiger partial charge in [0.1, 0.15) is 0 Å². The molecule has 6 heteroatoms. The molecule has 5 nitrogen and oxygen atoms in total. The molecule has 1 amide bonds. The smallest absolute Gasteiger partial charge is 0.277 e. The molecule has 3 aromatic rings. The van der Waals surface area contributed by atoms with Gasteiger partial charge >= 0.3 is 0 Å². The van der Waals surface area contributed by atoms with Crippen molar-refractivity contribution in [2.45, 2.75) is 38.3 Å². The second kappa shape index (κ2) is 8.86. The van der Waals surface area contributed by atoms with E-state index in [4.69, 9.17) is 4.42 Å². The normalized spacial score (nSPS) is 12.0. The summed E-state index contributed by atoms with van der Waals surface area (Å²) in [6.07, 6.45) is 1.09. The number of amides is 1. The molecular weight excluding hydrogens is 358 g/mol. The van der Waals surface area contributed by atoms with Gasteiger partial charge in [0.05, 0.1) is 5.75 Å². The maximum Gasteiger partial charge on any atom is 0.277 e. The van der Waals surface area contributed by atoms with Crippen molar-refractivity contribution in [3.05, 3.63) is 59.7 Å². The van der Waals surface area contributed by atoms with Gasteiger partial charge in [0.15, 0.2) is 0 Å². The minimum atomic E-state index is -0.105. The highest BCUT2D eigenvalue weighted by molar-refractivity contribution is 7.99. The molecule has 0 saturated carbocycles. The van der Waals surface area contributed by atoms with Crippen LogP contribution in [-0.2, 0) is 4.79 Å². The van der Waals surface area contributed by atoms with Gasteiger partial charge in [-0.15, -0.1) is 10.2 Å². The quantitative estimate of drug-likeness (QED) is 0.563. The van der Waals surface area contributed by atoms with Gasteiger partial charge in [-0.05, 0) is 48.6 Å². The average Bonchev–Trinajstić information content (AvgIpc) is 3.15. The summed E-state index contributed by atoms with van der Waals surface area (Å²) in [4.78, 5) is 12.2. The third-order valence-electron chi connectivity index (χ3n) is 4.48. The highest BCUT2D eigenvalue weighted by Gasteiger charge is 2.13. The van der Waals surface area contributed by atoms with Crippen LogP contribution in [0, 0.1) is 6.92 Å². The van der Waals surface area contributed by atoms with Gasteiger partial charge in [0.25, 0.3) is 5.22 Å². The minimum Gasteiger partial charge on any atom is -0.411 e. The van der Waals surface area contributed by atoms with E-state index in [2.05, 4.69) is 41.5 Å². The van der Waals surface area contributed by atoms with E-state index < -0.39 is 0 Å². The number of carbonyl (C=O) groups excluding carboxylic acids is 1. The molecule has 0 fully saturated rings. The van der Waals surface area contributed by atoms with Crippen LogP contribution >= 0.6 is 11.8 Å². The molecule has 27 heavy (non-hydrogen) atoms. The fraction of sp³-hybridized carbons (Fsp3) is 0.286. The summed E-state index contributed by atoms with van der Waals surface area (Å²) in [5, 5.41) is 11.4. The molecular formula is C21H23N3O2S. The lowest BCUT2D eigenvalue weighted by Crippen LogP contribution is -2.14. The highest BCUT2D eigenvalue weighted by Crippen LogP contribution is 2.25. The largest absolute Gasteiger partial charge is 0.411 e. The van der Waals surface area contributed by atoms with Crippen LogP contribution in [0.2, 0.25) is 0 Å². The Balaban J connectivity index is 1.55. The Morgan fingerprint density at radius 3 is 2.59 bits per heavy atom. The number of anilines is 1. The molecule has 1 N–H and O–H groups in total. The topological polar surface area (TPSA) is 68.0 Å². The van der Waals surface area contributed by atoms with Gasteiger partial charge in [0, 0.05) is 11.3 Å². The first-order valence-electron chi connectivity index (χ1n) is 8.99. The number of hydrogen-bond donors (Lipinski definition) is 1. The highest BCUT2D eigenvalue weighted by atomic mass is 32.2. The van der Waals surface area contributed by atoms with Crippen molar-refractivity contribution < 1.29 is 9.21 Å². The molecule has 1 heterocycles. The Kier molecular flexibility index (Phi) is 6.29. The zero-order valence-electron chi connectivity index (χ0n) is 15.7. The molecule has 0 radical (unpaired) electrons. The first-order valence-corrected chi connectivity index (χ1v) is 9.97. The zero-order chi connectivity index (χ0) is 19.2. The number of aryl methyl sites for hydroxylation is 1. The summed E-state index contributed by atoms with van der Waals surface area (Å²) < 4.78 is 5.67. The molecule has 0 unspecified atom stereocenters. The Morgan fingerprint density at radius 2 is 1.89 bits per heavy atom. The molecule has 0 spiro atoms. The number of rotatable bonds is 7. The summed E-state index contributed by atoms with van der Waals surface area (Å²) >= 11 is 1.23. The zero-order valence-corrected chi connectivity index (χ0v) is 16.5. The predicted molar refractivity (Wildman–Crippen MR) is 109 cm³/mol. The van der Waals surface area contributed by atoms with E-state index in [1.54, 1.807) is 0 Å². The summed E-state index contributed by atoms with van der Waals surface area (Å²) in [6.45, 7) is 6.35. The fourth-order valence-corrected chi connectivity index (χ4v) is 3.21. The standard InChI is InChI=1S/C21H23N3O2S/c1-4-14(2)16-9-11-17(12-10-16)22-19(25)13-27-21-24-23-20(26-21)18-8-6-5-7-15(18)3/h5-12,14H,4,13H2,1-3H3,(H,22,25)/t14-/m0/s1. The lowest BCUT2D eigenvalue weighted by Gasteiger charge is -2.10. The van der Waals surface area contributed by atoms with E-state index in [0.29, 0.717) is 17.0 Å². The molecule has 0 aliphatic heterocycles. The second-order valence-corrected chi connectivity index (χ2v) is 7.38. The van der Waals surface area contributed by atoms with Gasteiger partial charge in [-0.25, -0.2) is 0 Å². The monoisotopic (exact) mass is 381 g/mol. The Bertz CT molecular complexity index is 906. The maximum absolute atomic E-state index is 12.2. The van der Waals surface area contributed by atoms with Gasteiger partial charge in [-0.3, -0.25) is 4.79 Å². The first kappa shape index (κ1) is 19.2. The van der Waals surface area contributed by atoms with E-state index in [1.165, 1.54) is 17.3 Å². The van der Waals surface area contributed by atoms with Gasteiger partial charge in [-0.2, -0.15) is 0 Å². The van der Waals surface area contributed by atoms with Gasteiger partial charge in [-0.1, -0.05) is 55.9 Å². The SMILES string of the molecule is CC[C@H](C)c1ccc(NC(=O)CSc2nnc(-c3ccccc3C)o2)cc1. The van der Waals surface area contributed by atoms with Crippen LogP contribution in [-0.4, -0.2) is 21.9 Å². The molecule has 2 aromatic carbocycles. The lowest BCUT2D eigenvalue weighted by atomic mass is 9.99. The summed E-state index contributed by atoms with van der Waals surface area (Å²) in [5.41, 5.74) is 4.04. The number of nitrogens with zero attached hydrogens (tertiary/aromatic N) is 2. The van der Waals surface area contributed by atoms with Crippen LogP contribution in [0.3, 0.4) is 0 Å². The number of aromatic nitrogens is 2. The Hall–Kier alpha value is -2.60. The van der Waals surface area contributed by atoms with Crippen molar-refractivity contribution in [1.29, 1.82) is 0 Å². The summed E-state index contributed by atoms with van der Waals surface area (Å²) in [7, 11) is 0. The van der Waals surface area contributed by atoms with Crippen LogP contribution in [0.4, 0.5) is 5.69 Å². The maximum atomic E-state index is 12.2. The van der Waals surface area contributed by atoms with Crippen molar-refractivity contribution in [1.82, 2.24) is 10.2 Å². The van der Waals surface area contributed by atoms with Crippen LogP contribution in [0.15, 0.2) is 58.2 Å². The third-order valence-corrected chi connectivity index (χ3v) is 5.30. The van der Waals surface area contributed by atoms with Gasteiger partial charge in [0.2, 0.25) is 11.8 Å². The van der Waals surface area contributed by atoms with E-state index >= 15 is 0 Å². The molecule has 3 rings (SSSR count). The lowest BCUT2D eigenvalue weighted by molar-refractivity contribution is -0.113. The van der Waals surface area contributed by atoms with Crippen LogP contribution in [0.1, 0.15) is 37.3 Å². The molecule has 0 saturated heterocycles. The summed E-state index contributed by atoms with van der Waals surface area (Å²) in [5.74, 6) is 1.09. The summed E-state index contributed by atoms with van der Waals surface area (Å²) in [6, 6.07) is 15.8. The first-order chi connectivity index (χ1) is 13.1. The number of hydrogen-bond acceptors (Lipinski definition) is 5. The van der Waals surface area contributed by atoms with Crippen LogP contribution in [0.25, 0.3) is 11.5 Å². The molecule has 140 valence electrons. The Labute approximate surface area is 163 Å². The van der Waals surface area contributed by atoms with Crippen molar-refractivity contribution in [2.24, 2.45) is 0 Å². The predicted octanol–water partition coefficient (Wildman–Crippen LogP) is 5.29. The van der Waals surface area contributed by atoms with Crippen LogP contribution < -0.4 is 5.32 Å². The fourth-order valence-electron chi connectivity index (χ4n) is 2.64. The van der Waals surface area contributed by atoms with Crippen LogP contribution in [0.5, 0.6) is 0 Å².